The van der Waals surface area contributed by atoms with E-state index < -0.39 is 52.7 Å². The quantitative estimate of drug-likeness (QED) is 0.551. The molecule has 3 rings (SSSR count). The summed E-state index contributed by atoms with van der Waals surface area (Å²) in [6, 6.07) is 7.05. The van der Waals surface area contributed by atoms with Crippen molar-refractivity contribution in [1.82, 2.24) is 9.62 Å². The van der Waals surface area contributed by atoms with E-state index in [1.165, 1.54) is 12.1 Å². The zero-order chi connectivity index (χ0) is 24.2. The number of amides is 1. The predicted molar refractivity (Wildman–Crippen MR) is 111 cm³/mol. The Morgan fingerprint density at radius 2 is 1.79 bits per heavy atom. The van der Waals surface area contributed by atoms with Crippen LogP contribution in [0, 0.1) is 11.6 Å². The van der Waals surface area contributed by atoms with Gasteiger partial charge in [-0.1, -0.05) is 6.07 Å². The van der Waals surface area contributed by atoms with Crippen LogP contribution < -0.4 is 10.6 Å². The molecule has 6 nitrogen and oxygen atoms in total. The highest BCUT2D eigenvalue weighted by atomic mass is 32.2. The summed E-state index contributed by atoms with van der Waals surface area (Å²) in [6.45, 7) is -0.454. The van der Waals surface area contributed by atoms with Crippen molar-refractivity contribution in [2.45, 2.75) is 42.9 Å². The maximum atomic E-state index is 13.9. The monoisotopic (exact) mass is 491 g/mol. The molecule has 1 fully saturated rings. The zero-order valence-electron chi connectivity index (χ0n) is 17.3. The Labute approximate surface area is 187 Å². The fraction of sp³-hybridized carbons (Fsp3) is 0.381. The molecule has 1 saturated heterocycles. The molecule has 0 radical (unpaired) electrons. The molecule has 2 aromatic rings. The second-order valence-corrected chi connectivity index (χ2v) is 9.44. The molecule has 0 bridgehead atoms. The Hall–Kier alpha value is -2.73. The number of hydrogen-bond acceptors (Lipinski definition) is 4. The van der Waals surface area contributed by atoms with Gasteiger partial charge < -0.3 is 10.6 Å². The normalized spacial score (nSPS) is 17.2. The zero-order valence-corrected chi connectivity index (χ0v) is 18.1. The van der Waals surface area contributed by atoms with Crippen LogP contribution in [-0.2, 0) is 21.4 Å². The van der Waals surface area contributed by atoms with Crippen LogP contribution in [0.3, 0.4) is 0 Å². The fourth-order valence-electron chi connectivity index (χ4n) is 3.50. The molecule has 0 aromatic heterocycles. The van der Waals surface area contributed by atoms with Gasteiger partial charge in [0, 0.05) is 19.6 Å². The number of benzene rings is 2. The number of alkyl halides is 3. The van der Waals surface area contributed by atoms with Crippen LogP contribution in [0.5, 0.6) is 0 Å². The van der Waals surface area contributed by atoms with Crippen LogP contribution in [0.25, 0.3) is 0 Å². The molecule has 1 atom stereocenters. The van der Waals surface area contributed by atoms with Crippen molar-refractivity contribution in [3.63, 3.8) is 0 Å². The molecule has 1 amide bonds. The third-order valence-corrected chi connectivity index (χ3v) is 7.07. The number of hydrogen-bond donors (Lipinski definition) is 2. The van der Waals surface area contributed by atoms with E-state index in [2.05, 4.69) is 10.6 Å². The molecule has 12 heteroatoms. The Morgan fingerprint density at radius 1 is 1.09 bits per heavy atom. The van der Waals surface area contributed by atoms with Crippen LogP contribution in [0.2, 0.25) is 0 Å². The third-order valence-electron chi connectivity index (χ3n) is 5.15. The molecule has 1 unspecified atom stereocenters. The highest BCUT2D eigenvalue weighted by molar-refractivity contribution is 7.89. The Bertz CT molecular complexity index is 1090. The number of carbonyl (C=O) groups is 1. The summed E-state index contributed by atoms with van der Waals surface area (Å²) in [5.41, 5.74) is 0.289. The maximum Gasteiger partial charge on any atom is 0.390 e. The summed E-state index contributed by atoms with van der Waals surface area (Å²) in [4.78, 5) is 12.6. The van der Waals surface area contributed by atoms with Gasteiger partial charge in [0.1, 0.15) is 17.7 Å². The van der Waals surface area contributed by atoms with E-state index in [1.807, 2.05) is 0 Å². The molecule has 180 valence electrons. The number of halogens is 5. The topological polar surface area (TPSA) is 78.5 Å². The molecule has 2 N–H and O–H groups in total. The number of carbonyl (C=O) groups excluding carboxylic acids is 1. The van der Waals surface area contributed by atoms with Gasteiger partial charge in [-0.25, -0.2) is 17.2 Å². The smallest absolute Gasteiger partial charge is 0.382 e. The van der Waals surface area contributed by atoms with Gasteiger partial charge >= 0.3 is 6.18 Å². The van der Waals surface area contributed by atoms with E-state index in [-0.39, 0.29) is 23.7 Å². The summed E-state index contributed by atoms with van der Waals surface area (Å²) in [5.74, 6) is -1.88. The van der Waals surface area contributed by atoms with Crippen LogP contribution >= 0.6 is 0 Å². The van der Waals surface area contributed by atoms with E-state index in [0.717, 1.165) is 34.6 Å². The number of anilines is 1. The fourth-order valence-corrected chi connectivity index (χ4v) is 5.15. The second-order valence-electron chi connectivity index (χ2n) is 7.55. The van der Waals surface area contributed by atoms with E-state index in [4.69, 9.17) is 0 Å². The largest absolute Gasteiger partial charge is 0.390 e. The predicted octanol–water partition coefficient (Wildman–Crippen LogP) is 3.80. The molecule has 33 heavy (non-hydrogen) atoms. The van der Waals surface area contributed by atoms with Crippen LogP contribution in [0.4, 0.5) is 27.6 Å². The first-order chi connectivity index (χ1) is 15.5. The Balaban J connectivity index is 1.64. The molecular weight excluding hydrogens is 469 g/mol. The molecule has 0 saturated carbocycles. The maximum absolute atomic E-state index is 13.9. The second kappa shape index (κ2) is 10.0. The lowest BCUT2D eigenvalue weighted by molar-refractivity contribution is -0.131. The first-order valence-electron chi connectivity index (χ1n) is 10.1. The highest BCUT2D eigenvalue weighted by Crippen LogP contribution is 2.27. The first-order valence-corrected chi connectivity index (χ1v) is 11.6. The van der Waals surface area contributed by atoms with Crippen molar-refractivity contribution >= 4 is 21.6 Å². The van der Waals surface area contributed by atoms with E-state index in [9.17, 15) is 35.2 Å². The minimum Gasteiger partial charge on any atom is -0.382 e. The molecule has 2 aromatic carbocycles. The summed E-state index contributed by atoms with van der Waals surface area (Å²) in [6.07, 6.45) is -4.76. The van der Waals surface area contributed by atoms with E-state index in [0.29, 0.717) is 18.4 Å². The number of nitrogens with zero attached hydrogens (tertiary/aromatic N) is 1. The van der Waals surface area contributed by atoms with E-state index >= 15 is 0 Å². The summed E-state index contributed by atoms with van der Waals surface area (Å²) in [5, 5.41) is 4.98. The van der Waals surface area contributed by atoms with Crippen molar-refractivity contribution in [2.75, 3.05) is 18.4 Å². The summed E-state index contributed by atoms with van der Waals surface area (Å²) >= 11 is 0. The lowest BCUT2D eigenvalue weighted by Crippen LogP contribution is -2.45. The standard InChI is InChI=1S/C21H22F5N3O3S/c22-15-4-6-16(7-5-15)33(31,32)29-11-1-2-19(29)20(30)28-13-14-3-8-17(23)18(12-14)27-10-9-21(24,25)26/h3-8,12,19,27H,1-2,9-11,13H2,(H,28,30). The van der Waals surface area contributed by atoms with Gasteiger partial charge in [0.15, 0.2) is 0 Å². The molecule has 1 heterocycles. The van der Waals surface area contributed by atoms with Crippen molar-refractivity contribution in [3.05, 3.63) is 59.7 Å². The Kier molecular flexibility index (Phi) is 7.58. The average molecular weight is 491 g/mol. The third kappa shape index (κ3) is 6.41. The van der Waals surface area contributed by atoms with Gasteiger partial charge in [0.2, 0.25) is 15.9 Å². The van der Waals surface area contributed by atoms with Gasteiger partial charge in [-0.15, -0.1) is 0 Å². The lowest BCUT2D eigenvalue weighted by atomic mass is 10.1. The minimum atomic E-state index is -4.38. The van der Waals surface area contributed by atoms with Crippen molar-refractivity contribution < 1.29 is 35.2 Å². The first kappa shape index (κ1) is 24.9. The van der Waals surface area contributed by atoms with Crippen LogP contribution in [0.1, 0.15) is 24.8 Å². The molecule has 0 spiro atoms. The SMILES string of the molecule is O=C(NCc1ccc(F)c(NCCC(F)(F)F)c1)C1CCCN1S(=O)(=O)c1ccc(F)cc1. The van der Waals surface area contributed by atoms with Crippen molar-refractivity contribution in [2.24, 2.45) is 0 Å². The van der Waals surface area contributed by atoms with Gasteiger partial charge in [-0.2, -0.15) is 17.5 Å². The van der Waals surface area contributed by atoms with E-state index in [1.54, 1.807) is 0 Å². The lowest BCUT2D eigenvalue weighted by Gasteiger charge is -2.23. The van der Waals surface area contributed by atoms with Gasteiger partial charge in [0.05, 0.1) is 17.0 Å². The van der Waals surface area contributed by atoms with Gasteiger partial charge in [-0.3, -0.25) is 4.79 Å². The number of sulfonamides is 1. The minimum absolute atomic E-state index is 0.0754. The molecule has 1 aliphatic heterocycles. The van der Waals surface area contributed by atoms with Crippen molar-refractivity contribution in [1.29, 1.82) is 0 Å². The molecule has 0 aliphatic carbocycles. The molecular formula is C21H22F5N3O3S. The van der Waals surface area contributed by atoms with Crippen LogP contribution in [-0.4, -0.2) is 43.9 Å². The average Bonchev–Trinajstić information content (AvgIpc) is 3.24. The molecule has 1 aliphatic rings. The Morgan fingerprint density at radius 3 is 2.45 bits per heavy atom. The van der Waals surface area contributed by atoms with Gasteiger partial charge in [0.25, 0.3) is 0 Å². The summed E-state index contributed by atoms with van der Waals surface area (Å²) in [7, 11) is -4.01. The highest BCUT2D eigenvalue weighted by Gasteiger charge is 2.39. The van der Waals surface area contributed by atoms with Gasteiger partial charge in [-0.05, 0) is 54.8 Å². The number of nitrogens with one attached hydrogen (secondary N) is 2. The summed E-state index contributed by atoms with van der Waals surface area (Å²) < 4.78 is 90.7. The van der Waals surface area contributed by atoms with Crippen LogP contribution in [0.15, 0.2) is 47.4 Å². The number of rotatable bonds is 8. The van der Waals surface area contributed by atoms with Crippen molar-refractivity contribution in [3.8, 4) is 0 Å².